The third kappa shape index (κ3) is 6.31. The Morgan fingerprint density at radius 1 is 1.03 bits per heavy atom. The summed E-state index contributed by atoms with van der Waals surface area (Å²) in [5, 5.41) is 11.2. The standard InChI is InChI=1S/C29H38N2O4/c1-5-8-19-35-24-12-9-11-23(20-24)26-25(27(32)22-15-13-21(4)14-16-22)28(33)29(34)31(26)18-10-17-30(6-2)7-3/h9,11-16,20,26,32H,5-8,10,17-19H2,1-4H3/b27-25+. The van der Waals surface area contributed by atoms with Crippen LogP contribution < -0.4 is 4.74 Å². The number of nitrogens with zero attached hydrogens (tertiary/aromatic N) is 2. The molecule has 1 aliphatic heterocycles. The third-order valence-corrected chi connectivity index (χ3v) is 6.57. The Morgan fingerprint density at radius 2 is 1.74 bits per heavy atom. The minimum atomic E-state index is -0.664. The second kappa shape index (κ2) is 12.5. The van der Waals surface area contributed by atoms with Crippen molar-refractivity contribution in [2.75, 3.05) is 32.8 Å². The van der Waals surface area contributed by atoms with Crippen molar-refractivity contribution in [1.29, 1.82) is 0 Å². The maximum absolute atomic E-state index is 13.2. The van der Waals surface area contributed by atoms with Crippen molar-refractivity contribution in [2.24, 2.45) is 0 Å². The van der Waals surface area contributed by atoms with E-state index in [9.17, 15) is 14.7 Å². The topological polar surface area (TPSA) is 70.1 Å². The highest BCUT2D eigenvalue weighted by molar-refractivity contribution is 6.46. The lowest BCUT2D eigenvalue weighted by Crippen LogP contribution is -2.33. The number of likely N-dealkylation sites (tertiary alicyclic amines) is 1. The lowest BCUT2D eigenvalue weighted by atomic mass is 9.95. The van der Waals surface area contributed by atoms with Crippen molar-refractivity contribution >= 4 is 17.4 Å². The number of hydrogen-bond donors (Lipinski definition) is 1. The molecular formula is C29H38N2O4. The summed E-state index contributed by atoms with van der Waals surface area (Å²) in [6.07, 6.45) is 2.72. The molecule has 35 heavy (non-hydrogen) atoms. The molecule has 0 aromatic heterocycles. The number of unbranched alkanes of at least 4 members (excludes halogenated alkanes) is 1. The first-order valence-electron chi connectivity index (χ1n) is 12.7. The lowest BCUT2D eigenvalue weighted by Gasteiger charge is -2.27. The Labute approximate surface area is 209 Å². The van der Waals surface area contributed by atoms with E-state index < -0.39 is 17.7 Å². The molecule has 188 valence electrons. The fourth-order valence-corrected chi connectivity index (χ4v) is 4.44. The van der Waals surface area contributed by atoms with Gasteiger partial charge in [0, 0.05) is 12.1 Å². The Morgan fingerprint density at radius 3 is 2.40 bits per heavy atom. The van der Waals surface area contributed by atoms with Gasteiger partial charge >= 0.3 is 0 Å². The van der Waals surface area contributed by atoms with E-state index in [0.29, 0.717) is 24.5 Å². The summed E-state index contributed by atoms with van der Waals surface area (Å²) in [6, 6.07) is 14.2. The summed E-state index contributed by atoms with van der Waals surface area (Å²) in [6.45, 7) is 12.0. The van der Waals surface area contributed by atoms with Crippen LogP contribution >= 0.6 is 0 Å². The molecule has 1 amide bonds. The van der Waals surface area contributed by atoms with Gasteiger partial charge in [-0.15, -0.1) is 0 Å². The van der Waals surface area contributed by atoms with Gasteiger partial charge in [-0.05, 0) is 57.1 Å². The number of amides is 1. The smallest absolute Gasteiger partial charge is 0.295 e. The fraction of sp³-hybridized carbons (Fsp3) is 0.448. The molecule has 0 bridgehead atoms. The fourth-order valence-electron chi connectivity index (χ4n) is 4.44. The van der Waals surface area contributed by atoms with Gasteiger partial charge in [-0.2, -0.15) is 0 Å². The van der Waals surface area contributed by atoms with Gasteiger partial charge in [0.1, 0.15) is 11.5 Å². The van der Waals surface area contributed by atoms with Gasteiger partial charge in [-0.1, -0.05) is 69.2 Å². The van der Waals surface area contributed by atoms with Crippen molar-refractivity contribution in [3.8, 4) is 5.75 Å². The molecule has 0 radical (unpaired) electrons. The molecule has 1 fully saturated rings. The summed E-state index contributed by atoms with van der Waals surface area (Å²) in [5.74, 6) is -0.661. The predicted molar refractivity (Wildman–Crippen MR) is 139 cm³/mol. The molecule has 3 rings (SSSR count). The zero-order chi connectivity index (χ0) is 25.4. The molecule has 6 nitrogen and oxygen atoms in total. The normalized spacial score (nSPS) is 17.4. The van der Waals surface area contributed by atoms with Gasteiger partial charge in [0.2, 0.25) is 0 Å². The van der Waals surface area contributed by atoms with Crippen LogP contribution in [0.2, 0.25) is 0 Å². The van der Waals surface area contributed by atoms with E-state index in [4.69, 9.17) is 4.74 Å². The largest absolute Gasteiger partial charge is 0.507 e. The van der Waals surface area contributed by atoms with Crippen LogP contribution in [0.1, 0.15) is 62.8 Å². The van der Waals surface area contributed by atoms with Crippen LogP contribution in [0.3, 0.4) is 0 Å². The van der Waals surface area contributed by atoms with E-state index in [0.717, 1.165) is 50.0 Å². The van der Waals surface area contributed by atoms with E-state index >= 15 is 0 Å². The average Bonchev–Trinajstić information content (AvgIpc) is 3.12. The molecule has 1 saturated heterocycles. The van der Waals surface area contributed by atoms with Crippen molar-refractivity contribution in [2.45, 2.75) is 53.0 Å². The van der Waals surface area contributed by atoms with E-state index in [-0.39, 0.29) is 11.3 Å². The highest BCUT2D eigenvalue weighted by Crippen LogP contribution is 2.40. The number of aryl methyl sites for hydroxylation is 1. The van der Waals surface area contributed by atoms with Gasteiger partial charge in [0.25, 0.3) is 11.7 Å². The second-order valence-electron chi connectivity index (χ2n) is 9.01. The number of Topliss-reactive ketones (excluding diaryl/α,β-unsaturated/α-hetero) is 1. The van der Waals surface area contributed by atoms with Gasteiger partial charge in [-0.25, -0.2) is 0 Å². The molecule has 1 heterocycles. The molecule has 2 aromatic carbocycles. The zero-order valence-electron chi connectivity index (χ0n) is 21.4. The van der Waals surface area contributed by atoms with Crippen LogP contribution in [-0.2, 0) is 9.59 Å². The van der Waals surface area contributed by atoms with E-state index in [1.807, 2.05) is 43.3 Å². The van der Waals surface area contributed by atoms with E-state index in [1.54, 1.807) is 17.0 Å². The van der Waals surface area contributed by atoms with Crippen LogP contribution in [0.5, 0.6) is 5.75 Å². The van der Waals surface area contributed by atoms with Crippen LogP contribution in [0.25, 0.3) is 5.76 Å². The number of ketones is 1. The molecule has 1 N–H and O–H groups in total. The Bertz CT molecular complexity index is 1040. The Kier molecular flexibility index (Phi) is 9.49. The molecule has 0 spiro atoms. The predicted octanol–water partition coefficient (Wildman–Crippen LogP) is 5.33. The third-order valence-electron chi connectivity index (χ3n) is 6.57. The molecule has 0 aliphatic carbocycles. The number of carbonyl (C=O) groups excluding carboxylic acids is 2. The number of aliphatic hydroxyl groups excluding tert-OH is 1. The van der Waals surface area contributed by atoms with E-state index in [1.165, 1.54) is 0 Å². The summed E-state index contributed by atoms with van der Waals surface area (Å²) < 4.78 is 5.90. The van der Waals surface area contributed by atoms with Crippen molar-refractivity contribution in [3.63, 3.8) is 0 Å². The summed E-state index contributed by atoms with van der Waals surface area (Å²) in [4.78, 5) is 30.3. The zero-order valence-corrected chi connectivity index (χ0v) is 21.4. The van der Waals surface area contributed by atoms with Crippen LogP contribution in [0, 0.1) is 6.92 Å². The van der Waals surface area contributed by atoms with Gasteiger partial charge in [0.15, 0.2) is 0 Å². The van der Waals surface area contributed by atoms with Crippen LogP contribution in [-0.4, -0.2) is 59.4 Å². The minimum Gasteiger partial charge on any atom is -0.507 e. The quantitative estimate of drug-likeness (QED) is 0.193. The number of benzene rings is 2. The van der Waals surface area contributed by atoms with E-state index in [2.05, 4.69) is 25.7 Å². The van der Waals surface area contributed by atoms with Crippen molar-refractivity contribution < 1.29 is 19.4 Å². The van der Waals surface area contributed by atoms with Gasteiger partial charge in [0.05, 0.1) is 18.2 Å². The Hall–Kier alpha value is -3.12. The van der Waals surface area contributed by atoms with Crippen LogP contribution in [0.15, 0.2) is 54.1 Å². The summed E-state index contributed by atoms with van der Waals surface area (Å²) in [5.41, 5.74) is 2.46. The first kappa shape index (κ1) is 26.5. The molecular weight excluding hydrogens is 440 g/mol. The molecule has 1 unspecified atom stereocenters. The first-order chi connectivity index (χ1) is 16.9. The molecule has 1 atom stereocenters. The first-order valence-corrected chi connectivity index (χ1v) is 12.7. The molecule has 6 heteroatoms. The van der Waals surface area contributed by atoms with Crippen LogP contribution in [0.4, 0.5) is 0 Å². The van der Waals surface area contributed by atoms with Gasteiger partial charge in [-0.3, -0.25) is 9.59 Å². The monoisotopic (exact) mass is 478 g/mol. The maximum Gasteiger partial charge on any atom is 0.295 e. The Balaban J connectivity index is 2.01. The molecule has 1 aliphatic rings. The van der Waals surface area contributed by atoms with Crippen molar-refractivity contribution in [1.82, 2.24) is 9.80 Å². The highest BCUT2D eigenvalue weighted by atomic mass is 16.5. The molecule has 2 aromatic rings. The van der Waals surface area contributed by atoms with Crippen molar-refractivity contribution in [3.05, 3.63) is 70.8 Å². The summed E-state index contributed by atoms with van der Waals surface area (Å²) >= 11 is 0. The van der Waals surface area contributed by atoms with Gasteiger partial charge < -0.3 is 19.6 Å². The number of carbonyl (C=O) groups is 2. The highest BCUT2D eigenvalue weighted by Gasteiger charge is 2.45. The maximum atomic E-state index is 13.2. The number of hydrogen-bond acceptors (Lipinski definition) is 5. The minimum absolute atomic E-state index is 0.132. The lowest BCUT2D eigenvalue weighted by molar-refractivity contribution is -0.140. The summed E-state index contributed by atoms with van der Waals surface area (Å²) in [7, 11) is 0. The second-order valence-corrected chi connectivity index (χ2v) is 9.01. The molecule has 0 saturated carbocycles. The number of rotatable bonds is 12. The number of aliphatic hydroxyl groups is 1. The SMILES string of the molecule is CCCCOc1cccc(C2/C(=C(\O)c3ccc(C)cc3)C(=O)C(=O)N2CCCN(CC)CC)c1. The number of ether oxygens (including phenoxy) is 1. The average molecular weight is 479 g/mol.